The minimum atomic E-state index is -0.104. The van der Waals surface area contributed by atoms with E-state index in [-0.39, 0.29) is 11.9 Å². The van der Waals surface area contributed by atoms with Crippen molar-refractivity contribution in [1.82, 2.24) is 9.88 Å². The summed E-state index contributed by atoms with van der Waals surface area (Å²) in [5, 5.41) is 5.37. The van der Waals surface area contributed by atoms with Gasteiger partial charge >= 0.3 is 0 Å². The fourth-order valence-electron chi connectivity index (χ4n) is 2.24. The summed E-state index contributed by atoms with van der Waals surface area (Å²) in [6, 6.07) is -0.104. The summed E-state index contributed by atoms with van der Waals surface area (Å²) in [4.78, 5) is 18.3. The van der Waals surface area contributed by atoms with Crippen LogP contribution in [-0.4, -0.2) is 41.5 Å². The van der Waals surface area contributed by atoms with E-state index < -0.39 is 0 Å². The van der Waals surface area contributed by atoms with E-state index in [2.05, 4.69) is 15.2 Å². The molecule has 1 unspecified atom stereocenters. The number of thiazole rings is 1. The van der Waals surface area contributed by atoms with Crippen LogP contribution in [0.1, 0.15) is 19.8 Å². The average Bonchev–Trinajstić information content (AvgIpc) is 2.91. The smallest absolute Gasteiger partial charge is 0.243 e. The number of likely N-dealkylation sites (tertiary alicyclic amines) is 1. The highest BCUT2D eigenvalue weighted by Crippen LogP contribution is 2.19. The van der Waals surface area contributed by atoms with Crippen molar-refractivity contribution in [2.75, 3.05) is 25.0 Å². The largest absolute Gasteiger partial charge is 0.330 e. The van der Waals surface area contributed by atoms with Gasteiger partial charge in [0.25, 0.3) is 0 Å². The maximum atomic E-state index is 12.0. The number of nitrogens with zero attached hydrogens (tertiary/aromatic N) is 2. The number of hydrogen-bond donors (Lipinski definition) is 2. The molecule has 5 nitrogen and oxygen atoms in total. The van der Waals surface area contributed by atoms with Gasteiger partial charge < -0.3 is 11.1 Å². The van der Waals surface area contributed by atoms with Crippen LogP contribution in [0, 0.1) is 5.92 Å². The molecule has 1 aliphatic rings. The first-order chi connectivity index (χ1) is 8.70. The molecule has 6 heteroatoms. The molecule has 0 spiro atoms. The summed E-state index contributed by atoms with van der Waals surface area (Å²) in [7, 11) is 0. The van der Waals surface area contributed by atoms with Crippen LogP contribution in [-0.2, 0) is 4.79 Å². The Bertz CT molecular complexity index is 373. The van der Waals surface area contributed by atoms with Gasteiger partial charge in [-0.1, -0.05) is 0 Å². The zero-order chi connectivity index (χ0) is 13.0. The number of anilines is 1. The van der Waals surface area contributed by atoms with Crippen molar-refractivity contribution in [3.8, 4) is 0 Å². The van der Waals surface area contributed by atoms with E-state index in [9.17, 15) is 4.79 Å². The van der Waals surface area contributed by atoms with Gasteiger partial charge in [0.15, 0.2) is 5.13 Å². The molecule has 0 radical (unpaired) electrons. The number of hydrogen-bond acceptors (Lipinski definition) is 5. The molecule has 1 aromatic rings. The van der Waals surface area contributed by atoms with Crippen molar-refractivity contribution >= 4 is 22.4 Å². The molecule has 3 N–H and O–H groups in total. The number of piperidine rings is 1. The van der Waals surface area contributed by atoms with Gasteiger partial charge in [-0.2, -0.15) is 0 Å². The third-order valence-electron chi connectivity index (χ3n) is 3.57. The Balaban J connectivity index is 1.83. The Kier molecular flexibility index (Phi) is 4.68. The van der Waals surface area contributed by atoms with Crippen molar-refractivity contribution in [1.29, 1.82) is 0 Å². The standard InChI is InChI=1S/C12H20N4OS/c1-9(11(17)15-12-14-4-7-18-12)16-5-2-10(8-13)3-6-16/h4,7,9-10H,2-3,5-6,8,13H2,1H3,(H,14,15,17). The topological polar surface area (TPSA) is 71.2 Å². The van der Waals surface area contributed by atoms with Crippen LogP contribution in [0.15, 0.2) is 11.6 Å². The van der Waals surface area contributed by atoms with Crippen LogP contribution in [0.2, 0.25) is 0 Å². The van der Waals surface area contributed by atoms with E-state index in [1.807, 2.05) is 12.3 Å². The van der Waals surface area contributed by atoms with Gasteiger partial charge in [0, 0.05) is 11.6 Å². The molecule has 0 bridgehead atoms. The first-order valence-corrected chi connectivity index (χ1v) is 7.23. The van der Waals surface area contributed by atoms with E-state index in [1.165, 1.54) is 11.3 Å². The van der Waals surface area contributed by atoms with Crippen LogP contribution in [0.4, 0.5) is 5.13 Å². The highest BCUT2D eigenvalue weighted by atomic mass is 32.1. The van der Waals surface area contributed by atoms with Gasteiger partial charge in [-0.25, -0.2) is 4.98 Å². The van der Waals surface area contributed by atoms with E-state index in [0.29, 0.717) is 11.0 Å². The normalized spacial score (nSPS) is 19.7. The van der Waals surface area contributed by atoms with E-state index in [4.69, 9.17) is 5.73 Å². The number of nitrogens with one attached hydrogen (secondary N) is 1. The molecule has 1 amide bonds. The maximum Gasteiger partial charge on any atom is 0.243 e. The second kappa shape index (κ2) is 6.26. The minimum absolute atomic E-state index is 0.0242. The molecule has 0 saturated carbocycles. The first kappa shape index (κ1) is 13.5. The van der Waals surface area contributed by atoms with Crippen LogP contribution in [0.5, 0.6) is 0 Å². The second-order valence-electron chi connectivity index (χ2n) is 4.72. The quantitative estimate of drug-likeness (QED) is 0.859. The zero-order valence-electron chi connectivity index (χ0n) is 10.6. The van der Waals surface area contributed by atoms with Crippen LogP contribution in [0.3, 0.4) is 0 Å². The van der Waals surface area contributed by atoms with Crippen LogP contribution in [0.25, 0.3) is 0 Å². The predicted molar refractivity (Wildman–Crippen MR) is 73.6 cm³/mol. The SMILES string of the molecule is CC(C(=O)Nc1nccs1)N1CCC(CN)CC1. The first-order valence-electron chi connectivity index (χ1n) is 6.35. The van der Waals surface area contributed by atoms with Crippen molar-refractivity contribution in [3.63, 3.8) is 0 Å². The molecular weight excluding hydrogens is 248 g/mol. The Hall–Kier alpha value is -0.980. The number of nitrogens with two attached hydrogens (primary N) is 1. The maximum absolute atomic E-state index is 12.0. The molecule has 2 rings (SSSR count). The summed E-state index contributed by atoms with van der Waals surface area (Å²) in [6.45, 7) is 4.61. The molecule has 100 valence electrons. The number of rotatable bonds is 4. The van der Waals surface area contributed by atoms with E-state index >= 15 is 0 Å². The number of carbonyl (C=O) groups is 1. The lowest BCUT2D eigenvalue weighted by atomic mass is 9.96. The molecule has 1 atom stereocenters. The third kappa shape index (κ3) is 3.28. The molecule has 0 aromatic carbocycles. The average molecular weight is 268 g/mol. The van der Waals surface area contributed by atoms with Crippen LogP contribution < -0.4 is 11.1 Å². The molecule has 1 aliphatic heterocycles. The van der Waals surface area contributed by atoms with Crippen molar-refractivity contribution < 1.29 is 4.79 Å². The van der Waals surface area contributed by atoms with Gasteiger partial charge in [-0.15, -0.1) is 11.3 Å². The van der Waals surface area contributed by atoms with Gasteiger partial charge in [0.05, 0.1) is 6.04 Å². The number of amides is 1. The lowest BCUT2D eigenvalue weighted by Gasteiger charge is -2.34. The number of carbonyl (C=O) groups excluding carboxylic acids is 1. The summed E-state index contributed by atoms with van der Waals surface area (Å²) in [6.07, 6.45) is 3.87. The fourth-order valence-corrected chi connectivity index (χ4v) is 2.77. The zero-order valence-corrected chi connectivity index (χ0v) is 11.4. The summed E-state index contributed by atoms with van der Waals surface area (Å²) in [5.41, 5.74) is 5.67. The van der Waals surface area contributed by atoms with Crippen molar-refractivity contribution in [2.45, 2.75) is 25.8 Å². The Morgan fingerprint density at radius 3 is 2.94 bits per heavy atom. The van der Waals surface area contributed by atoms with E-state index in [0.717, 1.165) is 32.5 Å². The predicted octanol–water partition coefficient (Wildman–Crippen LogP) is 1.14. The third-order valence-corrected chi connectivity index (χ3v) is 4.26. The molecular formula is C12H20N4OS. The number of aromatic nitrogens is 1. The molecule has 1 fully saturated rings. The lowest BCUT2D eigenvalue weighted by molar-refractivity contribution is -0.121. The minimum Gasteiger partial charge on any atom is -0.330 e. The summed E-state index contributed by atoms with van der Waals surface area (Å²) in [5.74, 6) is 0.645. The van der Waals surface area contributed by atoms with Crippen molar-refractivity contribution in [2.24, 2.45) is 11.7 Å². The monoisotopic (exact) mass is 268 g/mol. The van der Waals surface area contributed by atoms with Crippen LogP contribution >= 0.6 is 11.3 Å². The van der Waals surface area contributed by atoms with Gasteiger partial charge in [0.1, 0.15) is 0 Å². The van der Waals surface area contributed by atoms with Gasteiger partial charge in [0.2, 0.25) is 5.91 Å². The second-order valence-corrected chi connectivity index (χ2v) is 5.61. The summed E-state index contributed by atoms with van der Waals surface area (Å²) >= 11 is 1.44. The Morgan fingerprint density at radius 1 is 1.67 bits per heavy atom. The molecule has 18 heavy (non-hydrogen) atoms. The Morgan fingerprint density at radius 2 is 2.39 bits per heavy atom. The van der Waals surface area contributed by atoms with Crippen molar-refractivity contribution in [3.05, 3.63) is 11.6 Å². The highest BCUT2D eigenvalue weighted by Gasteiger charge is 2.26. The Labute approximate surface area is 111 Å². The summed E-state index contributed by atoms with van der Waals surface area (Å²) < 4.78 is 0. The molecule has 1 saturated heterocycles. The van der Waals surface area contributed by atoms with Gasteiger partial charge in [-0.05, 0) is 45.3 Å². The van der Waals surface area contributed by atoms with Gasteiger partial charge in [-0.3, -0.25) is 9.69 Å². The highest BCUT2D eigenvalue weighted by molar-refractivity contribution is 7.13. The lowest BCUT2D eigenvalue weighted by Crippen LogP contribution is -2.46. The van der Waals surface area contributed by atoms with E-state index in [1.54, 1.807) is 6.20 Å². The molecule has 0 aliphatic carbocycles. The molecule has 1 aromatic heterocycles. The molecule has 2 heterocycles. The fraction of sp³-hybridized carbons (Fsp3) is 0.667.